The van der Waals surface area contributed by atoms with Crippen molar-refractivity contribution < 1.29 is 4.39 Å². The van der Waals surface area contributed by atoms with Crippen LogP contribution in [0.3, 0.4) is 0 Å². The number of hydrogen-bond donors (Lipinski definition) is 2. The van der Waals surface area contributed by atoms with Gasteiger partial charge in [-0.15, -0.1) is 0 Å². The van der Waals surface area contributed by atoms with E-state index in [-0.39, 0.29) is 11.5 Å². The summed E-state index contributed by atoms with van der Waals surface area (Å²) in [4.78, 5) is 10.9. The van der Waals surface area contributed by atoms with E-state index in [2.05, 4.69) is 77.0 Å². The SMILES string of the molecule is Bc1ncnc(NCC2=Cc3cccc(C)c3C(=C)N2c2ccccc2C)c1C(=N)c1cccc(F)c1. The molecule has 0 atom stereocenters. The normalized spacial score (nSPS) is 12.7. The number of aryl methyl sites for hydroxylation is 2. The Morgan fingerprint density at radius 3 is 2.57 bits per heavy atom. The molecule has 0 spiro atoms. The monoisotopic (exact) mass is 487 g/mol. The zero-order valence-electron chi connectivity index (χ0n) is 21.1. The highest BCUT2D eigenvalue weighted by atomic mass is 19.1. The molecule has 37 heavy (non-hydrogen) atoms. The summed E-state index contributed by atoms with van der Waals surface area (Å²) in [6, 6.07) is 20.5. The predicted octanol–water partition coefficient (Wildman–Crippen LogP) is 4.85. The summed E-state index contributed by atoms with van der Waals surface area (Å²) in [5, 5.41) is 12.2. The molecule has 1 aromatic heterocycles. The van der Waals surface area contributed by atoms with E-state index >= 15 is 0 Å². The minimum absolute atomic E-state index is 0.166. The fourth-order valence-electron chi connectivity index (χ4n) is 4.85. The highest BCUT2D eigenvalue weighted by molar-refractivity contribution is 6.37. The predicted molar refractivity (Wildman–Crippen MR) is 153 cm³/mol. The third-order valence-electron chi connectivity index (χ3n) is 6.67. The zero-order chi connectivity index (χ0) is 26.1. The van der Waals surface area contributed by atoms with Gasteiger partial charge >= 0.3 is 0 Å². The summed E-state index contributed by atoms with van der Waals surface area (Å²) in [5.74, 6) is 0.132. The zero-order valence-corrected chi connectivity index (χ0v) is 21.1. The first kappa shape index (κ1) is 24.2. The second-order valence-electron chi connectivity index (χ2n) is 9.16. The van der Waals surface area contributed by atoms with Crippen molar-refractivity contribution >= 4 is 42.4 Å². The van der Waals surface area contributed by atoms with Gasteiger partial charge in [-0.3, -0.25) is 10.4 Å². The van der Waals surface area contributed by atoms with Gasteiger partial charge < -0.3 is 10.2 Å². The molecule has 0 saturated heterocycles. The molecule has 3 aromatic carbocycles. The van der Waals surface area contributed by atoms with E-state index in [4.69, 9.17) is 5.41 Å². The summed E-state index contributed by atoms with van der Waals surface area (Å²) < 4.78 is 13.9. The Morgan fingerprint density at radius 1 is 1.03 bits per heavy atom. The lowest BCUT2D eigenvalue weighted by molar-refractivity contribution is 0.627. The first-order valence-electron chi connectivity index (χ1n) is 12.1. The average Bonchev–Trinajstić information content (AvgIpc) is 2.88. The molecule has 0 saturated carbocycles. The number of benzene rings is 3. The first-order chi connectivity index (χ1) is 17.8. The molecule has 182 valence electrons. The van der Waals surface area contributed by atoms with Gasteiger partial charge in [-0.1, -0.05) is 55.1 Å². The third-order valence-corrected chi connectivity index (χ3v) is 6.67. The van der Waals surface area contributed by atoms with E-state index in [1.165, 1.54) is 24.0 Å². The second-order valence-corrected chi connectivity index (χ2v) is 9.16. The Kier molecular flexibility index (Phi) is 6.44. The van der Waals surface area contributed by atoms with E-state index in [1.54, 1.807) is 12.1 Å². The highest BCUT2D eigenvalue weighted by Crippen LogP contribution is 2.39. The van der Waals surface area contributed by atoms with Gasteiger partial charge in [0, 0.05) is 33.8 Å². The molecule has 0 fully saturated rings. The van der Waals surface area contributed by atoms with Crippen LogP contribution in [0.4, 0.5) is 15.9 Å². The minimum Gasteiger partial charge on any atom is -0.364 e. The Hall–Kier alpha value is -4.52. The molecular weight excluding hydrogens is 460 g/mol. The largest absolute Gasteiger partial charge is 0.364 e. The fourth-order valence-corrected chi connectivity index (χ4v) is 4.85. The van der Waals surface area contributed by atoms with Gasteiger partial charge in [0.25, 0.3) is 0 Å². The van der Waals surface area contributed by atoms with E-state index in [0.29, 0.717) is 29.1 Å². The molecule has 7 heteroatoms. The number of anilines is 2. The molecule has 1 aliphatic rings. The molecule has 4 aromatic rings. The quantitative estimate of drug-likeness (QED) is 0.302. The van der Waals surface area contributed by atoms with Crippen LogP contribution < -0.4 is 15.8 Å². The number of para-hydroxylation sites is 1. The lowest BCUT2D eigenvalue weighted by Crippen LogP contribution is -2.30. The van der Waals surface area contributed by atoms with Gasteiger partial charge in [-0.2, -0.15) is 0 Å². The van der Waals surface area contributed by atoms with Crippen LogP contribution >= 0.6 is 0 Å². The van der Waals surface area contributed by atoms with Crippen molar-refractivity contribution in [3.05, 3.63) is 125 Å². The van der Waals surface area contributed by atoms with Crippen molar-refractivity contribution in [2.24, 2.45) is 0 Å². The van der Waals surface area contributed by atoms with Crippen LogP contribution in [-0.2, 0) is 0 Å². The molecule has 2 N–H and O–H groups in total. The topological polar surface area (TPSA) is 64.9 Å². The van der Waals surface area contributed by atoms with Gasteiger partial charge in [0.15, 0.2) is 7.85 Å². The molecule has 0 radical (unpaired) electrons. The van der Waals surface area contributed by atoms with Crippen molar-refractivity contribution in [2.75, 3.05) is 16.8 Å². The van der Waals surface area contributed by atoms with Crippen LogP contribution in [0.1, 0.15) is 33.4 Å². The van der Waals surface area contributed by atoms with Crippen LogP contribution in [0.5, 0.6) is 0 Å². The second kappa shape index (κ2) is 9.86. The van der Waals surface area contributed by atoms with Gasteiger partial charge in [-0.25, -0.2) is 9.37 Å². The standard InChI is InChI=1S/C30H27BFN5/c1-18-8-4-5-13-25(18)37-20(3)26-19(2)9-6-10-21(26)15-24(37)16-34-30-27(29(31)35-17-36-30)28(33)22-11-7-12-23(32)14-22/h4-15,17,33H,3,16,31H2,1-2H3,(H,34,35,36). The van der Waals surface area contributed by atoms with E-state index < -0.39 is 0 Å². The number of nitrogens with zero attached hydrogens (tertiary/aromatic N) is 3. The molecule has 0 amide bonds. The van der Waals surface area contributed by atoms with Gasteiger partial charge in [0.2, 0.25) is 0 Å². The van der Waals surface area contributed by atoms with Crippen LogP contribution in [0.25, 0.3) is 11.8 Å². The number of rotatable bonds is 6. The summed E-state index contributed by atoms with van der Waals surface area (Å²) in [6.45, 7) is 9.11. The Balaban J connectivity index is 1.55. The van der Waals surface area contributed by atoms with Crippen molar-refractivity contribution in [1.29, 1.82) is 5.41 Å². The van der Waals surface area contributed by atoms with Crippen LogP contribution in [0.15, 0.2) is 85.3 Å². The first-order valence-corrected chi connectivity index (χ1v) is 12.1. The van der Waals surface area contributed by atoms with Crippen molar-refractivity contribution in [2.45, 2.75) is 13.8 Å². The van der Waals surface area contributed by atoms with Crippen LogP contribution in [0, 0.1) is 25.1 Å². The van der Waals surface area contributed by atoms with Crippen LogP contribution in [-0.4, -0.2) is 30.1 Å². The molecule has 2 heterocycles. The summed E-state index contributed by atoms with van der Waals surface area (Å²) in [7, 11) is 1.83. The van der Waals surface area contributed by atoms with Crippen LogP contribution in [0.2, 0.25) is 0 Å². The maximum absolute atomic E-state index is 13.9. The maximum Gasteiger partial charge on any atom is 0.165 e. The maximum atomic E-state index is 13.9. The number of hydrogen-bond acceptors (Lipinski definition) is 5. The summed E-state index contributed by atoms with van der Waals surface area (Å²) in [5.41, 5.74) is 9.33. The molecule has 5 rings (SSSR count). The van der Waals surface area contributed by atoms with Gasteiger partial charge in [-0.05, 0) is 54.8 Å². The smallest absolute Gasteiger partial charge is 0.165 e. The Bertz CT molecular complexity index is 1580. The fraction of sp³-hybridized carbons (Fsp3) is 0.100. The number of aromatic nitrogens is 2. The number of halogens is 1. The highest BCUT2D eigenvalue weighted by Gasteiger charge is 2.26. The molecule has 0 unspecified atom stereocenters. The lowest BCUT2D eigenvalue weighted by Gasteiger charge is -2.36. The van der Waals surface area contributed by atoms with E-state index in [9.17, 15) is 4.39 Å². The Labute approximate surface area is 217 Å². The van der Waals surface area contributed by atoms with Crippen molar-refractivity contribution in [3.63, 3.8) is 0 Å². The van der Waals surface area contributed by atoms with Gasteiger partial charge in [0.1, 0.15) is 18.0 Å². The van der Waals surface area contributed by atoms with Crippen molar-refractivity contribution in [1.82, 2.24) is 9.97 Å². The summed E-state index contributed by atoms with van der Waals surface area (Å²) >= 11 is 0. The van der Waals surface area contributed by atoms with E-state index in [1.807, 2.05) is 20.0 Å². The molecule has 0 aliphatic carbocycles. The van der Waals surface area contributed by atoms with E-state index in [0.717, 1.165) is 33.8 Å². The number of fused-ring (bicyclic) bond motifs is 1. The molecular formula is C30H27BFN5. The van der Waals surface area contributed by atoms with Gasteiger partial charge in [0.05, 0.1) is 17.8 Å². The third kappa shape index (κ3) is 4.56. The molecule has 1 aliphatic heterocycles. The van der Waals surface area contributed by atoms with Crippen molar-refractivity contribution in [3.8, 4) is 0 Å². The minimum atomic E-state index is -0.389. The average molecular weight is 487 g/mol. The number of nitrogens with one attached hydrogen (secondary N) is 2. The molecule has 5 nitrogen and oxygen atoms in total. The lowest BCUT2D eigenvalue weighted by atomic mass is 9.91. The Morgan fingerprint density at radius 2 is 1.78 bits per heavy atom. The molecule has 0 bridgehead atoms. The summed E-state index contributed by atoms with van der Waals surface area (Å²) in [6.07, 6.45) is 3.65.